The number of hydrogen-bond acceptors (Lipinski definition) is 6. The van der Waals surface area contributed by atoms with E-state index in [1.165, 1.54) is 199 Å². The smallest absolute Gasteiger partial charge is 0.306 e. The summed E-state index contributed by atoms with van der Waals surface area (Å²) < 4.78 is 5.68. The zero-order valence-electron chi connectivity index (χ0n) is 48.6. The minimum atomic E-state index is -0.0246. The van der Waals surface area contributed by atoms with Crippen LogP contribution in [-0.2, 0) is 19.1 Å². The third kappa shape index (κ3) is 81.7. The topological polar surface area (TPSA) is 101 Å². The predicted molar refractivity (Wildman–Crippen MR) is 302 cm³/mol. The Balaban J connectivity index is -0.000000250. The highest BCUT2D eigenvalue weighted by molar-refractivity contribution is 5.75. The van der Waals surface area contributed by atoms with Crippen molar-refractivity contribution >= 4 is 17.5 Å². The molecule has 0 bridgehead atoms. The third-order valence-electron chi connectivity index (χ3n) is 12.6. The Morgan fingerprint density at radius 2 is 0.500 bits per heavy atom. The van der Waals surface area contributed by atoms with Gasteiger partial charge >= 0.3 is 5.97 Å². The van der Waals surface area contributed by atoms with Crippen molar-refractivity contribution in [3.63, 3.8) is 0 Å². The van der Waals surface area contributed by atoms with Crippen LogP contribution in [0.3, 0.4) is 0 Å². The van der Waals surface area contributed by atoms with Crippen molar-refractivity contribution < 1.29 is 29.3 Å². The summed E-state index contributed by atoms with van der Waals surface area (Å²) in [7, 11) is 0. The number of Topliss-reactive ketones (excluding diaryl/α,β-unsaturated/α-hetero) is 2. The molecule has 0 rings (SSSR count). The van der Waals surface area contributed by atoms with Crippen LogP contribution in [0.15, 0.2) is 0 Å². The van der Waals surface area contributed by atoms with Crippen molar-refractivity contribution in [3.8, 4) is 0 Å². The zero-order valence-corrected chi connectivity index (χ0v) is 48.6. The normalized spacial score (nSPS) is 11.9. The van der Waals surface area contributed by atoms with Crippen LogP contribution < -0.4 is 0 Å². The van der Waals surface area contributed by atoms with Gasteiger partial charge in [-0.15, -0.1) is 0 Å². The molecular weight excluding hydrogens is 841 g/mol. The molecule has 0 aromatic rings. The summed E-state index contributed by atoms with van der Waals surface area (Å²) in [4.78, 5) is 32.8. The van der Waals surface area contributed by atoms with Crippen LogP contribution in [0, 0.1) is 0 Å². The lowest BCUT2D eigenvalue weighted by Crippen LogP contribution is -2.18. The van der Waals surface area contributed by atoms with E-state index in [-0.39, 0.29) is 24.3 Å². The van der Waals surface area contributed by atoms with E-state index in [2.05, 4.69) is 62.3 Å². The highest BCUT2D eigenvalue weighted by atomic mass is 16.5. The van der Waals surface area contributed by atoms with Crippen LogP contribution in [0.4, 0.5) is 0 Å². The van der Waals surface area contributed by atoms with Gasteiger partial charge in [-0.25, -0.2) is 0 Å². The van der Waals surface area contributed by atoms with Crippen LogP contribution in [0.2, 0.25) is 0 Å². The number of ether oxygens (including phenoxy) is 1. The molecule has 0 aliphatic carbocycles. The number of aliphatic hydroxyl groups excluding tert-OH is 2. The van der Waals surface area contributed by atoms with Gasteiger partial charge in [0.1, 0.15) is 17.7 Å². The molecule has 0 fully saturated rings. The molecule has 0 saturated heterocycles. The number of ketones is 2. The van der Waals surface area contributed by atoms with Gasteiger partial charge in [-0.3, -0.25) is 4.79 Å². The van der Waals surface area contributed by atoms with Crippen molar-refractivity contribution in [1.29, 1.82) is 0 Å². The van der Waals surface area contributed by atoms with Gasteiger partial charge < -0.3 is 24.5 Å². The van der Waals surface area contributed by atoms with Gasteiger partial charge in [-0.1, -0.05) is 261 Å². The van der Waals surface area contributed by atoms with E-state index in [9.17, 15) is 24.6 Å². The molecule has 0 aliphatic heterocycles. The second-order valence-electron chi connectivity index (χ2n) is 20.4. The summed E-state index contributed by atoms with van der Waals surface area (Å²) in [6.45, 7) is 23.2. The fraction of sp³-hybridized carbons (Fsp3) is 0.952. The number of aliphatic hydroxyl groups is 2. The van der Waals surface area contributed by atoms with Crippen LogP contribution in [0.25, 0.3) is 0 Å². The first-order chi connectivity index (χ1) is 32.9. The van der Waals surface area contributed by atoms with Gasteiger partial charge in [0.2, 0.25) is 0 Å². The Labute approximate surface area is 428 Å². The second-order valence-corrected chi connectivity index (χ2v) is 20.4. The highest BCUT2D eigenvalue weighted by Crippen LogP contribution is 2.17. The Morgan fingerprint density at radius 1 is 0.294 bits per heavy atom. The summed E-state index contributed by atoms with van der Waals surface area (Å²) in [5, 5.41) is 19.3. The number of carbonyl (C=O) groups is 3. The fourth-order valence-electron chi connectivity index (χ4n) is 7.92. The quantitative estimate of drug-likeness (QED) is 0.0466. The summed E-state index contributed by atoms with van der Waals surface area (Å²) in [6.07, 6.45) is 53.3. The van der Waals surface area contributed by atoms with Crippen molar-refractivity contribution in [2.24, 2.45) is 0 Å². The van der Waals surface area contributed by atoms with E-state index in [4.69, 9.17) is 4.74 Å². The molecular formula is C62H128O6. The molecule has 0 aliphatic rings. The Morgan fingerprint density at radius 3 is 0.809 bits per heavy atom. The molecule has 0 radical (unpaired) electrons. The number of carbonyl (C=O) groups excluding carboxylic acids is 3. The summed E-state index contributed by atoms with van der Waals surface area (Å²) >= 11 is 0. The van der Waals surface area contributed by atoms with E-state index in [0.29, 0.717) is 18.0 Å². The van der Waals surface area contributed by atoms with Gasteiger partial charge in [0.15, 0.2) is 0 Å². The van der Waals surface area contributed by atoms with Gasteiger partial charge in [0, 0.05) is 19.3 Å². The lowest BCUT2D eigenvalue weighted by atomic mass is 10.0. The summed E-state index contributed by atoms with van der Waals surface area (Å²) in [5.41, 5.74) is 0. The molecule has 0 spiro atoms. The van der Waals surface area contributed by atoms with Crippen molar-refractivity contribution in [1.82, 2.24) is 0 Å². The molecule has 6 heteroatoms. The van der Waals surface area contributed by atoms with Gasteiger partial charge in [0.05, 0.1) is 12.2 Å². The maximum absolute atomic E-state index is 11.8. The van der Waals surface area contributed by atoms with Crippen LogP contribution in [-0.4, -0.2) is 46.1 Å². The third-order valence-corrected chi connectivity index (χ3v) is 12.6. The standard InChI is InChI=1S/C18H36O2.C14H30O.C12H26O.2C9H18O/c1-4-7-10-13-15-17(14-11-8-5-2)20-18(19)16-12-9-6-3;1-3-5-7-9-11-13-14(15)12-10-8-6-4-2;1-3-5-7-9-11-12(13)10-8-6-4-2;2*1-3-4-5-6-7-8-9(2)10/h17H,4-16H2,1-3H3;14-15H,3-13H2,1-2H3;12-13H,3-11H2,1-2H3;2*3-8H2,1-2H3. The summed E-state index contributed by atoms with van der Waals surface area (Å²) in [5.74, 6) is 0.684. The molecule has 68 heavy (non-hydrogen) atoms. The van der Waals surface area contributed by atoms with E-state index < -0.39 is 0 Å². The lowest BCUT2D eigenvalue weighted by Gasteiger charge is -2.18. The maximum Gasteiger partial charge on any atom is 0.306 e. The molecule has 0 aromatic heterocycles. The SMILES string of the molecule is CCCCCCC(CCCCC)OC(=O)CCCCC.CCCCCCC(O)CCCCC.CCCCCCCC(C)=O.CCCCCCCC(C)=O.CCCCCCCC(O)CCCCCC. The number of unbranched alkanes of at least 4 members (excludes halogenated alkanes) is 27. The van der Waals surface area contributed by atoms with Crippen LogP contribution in [0.5, 0.6) is 0 Å². The molecule has 3 unspecified atom stereocenters. The van der Waals surface area contributed by atoms with Crippen molar-refractivity contribution in [2.75, 3.05) is 0 Å². The maximum atomic E-state index is 11.8. The minimum Gasteiger partial charge on any atom is -0.462 e. The number of esters is 1. The van der Waals surface area contributed by atoms with Crippen LogP contribution in [0.1, 0.15) is 365 Å². The molecule has 0 heterocycles. The van der Waals surface area contributed by atoms with E-state index in [1.54, 1.807) is 13.8 Å². The van der Waals surface area contributed by atoms with E-state index >= 15 is 0 Å². The first-order valence-electron chi connectivity index (χ1n) is 30.4. The van der Waals surface area contributed by atoms with Crippen molar-refractivity contribution in [2.45, 2.75) is 383 Å². The van der Waals surface area contributed by atoms with E-state index in [0.717, 1.165) is 83.5 Å². The fourth-order valence-corrected chi connectivity index (χ4v) is 7.92. The lowest BCUT2D eigenvalue weighted by molar-refractivity contribution is -0.150. The molecule has 0 aromatic carbocycles. The first kappa shape index (κ1) is 75.7. The highest BCUT2D eigenvalue weighted by Gasteiger charge is 2.14. The Hall–Kier alpha value is -1.27. The minimum absolute atomic E-state index is 0.0236. The first-order valence-corrected chi connectivity index (χ1v) is 30.4. The molecule has 6 nitrogen and oxygen atoms in total. The Kier molecular flexibility index (Phi) is 77.9. The Bertz CT molecular complexity index is 897. The van der Waals surface area contributed by atoms with Gasteiger partial charge in [-0.2, -0.15) is 0 Å². The van der Waals surface area contributed by atoms with Gasteiger partial charge in [-0.05, 0) is 84.5 Å². The predicted octanol–water partition coefficient (Wildman–Crippen LogP) is 20.5. The number of hydrogen-bond donors (Lipinski definition) is 2. The summed E-state index contributed by atoms with van der Waals surface area (Å²) in [6, 6.07) is 0. The number of rotatable bonds is 46. The van der Waals surface area contributed by atoms with E-state index in [1.807, 2.05) is 0 Å². The molecule has 0 amide bonds. The average molecular weight is 970 g/mol. The second kappa shape index (κ2) is 70.0. The molecule has 2 N–H and O–H groups in total. The van der Waals surface area contributed by atoms with Crippen LogP contribution >= 0.6 is 0 Å². The van der Waals surface area contributed by atoms with Gasteiger partial charge in [0.25, 0.3) is 0 Å². The zero-order chi connectivity index (χ0) is 52.0. The monoisotopic (exact) mass is 969 g/mol. The average Bonchev–Trinajstić information content (AvgIpc) is 3.31. The molecule has 412 valence electrons. The van der Waals surface area contributed by atoms with Crippen molar-refractivity contribution in [3.05, 3.63) is 0 Å². The molecule has 0 saturated carbocycles. The largest absolute Gasteiger partial charge is 0.462 e. The molecule has 3 atom stereocenters.